The molecule has 114 valence electrons. The fraction of sp³-hybridized carbons (Fsp3) is 0.385. The highest BCUT2D eigenvalue weighted by Gasteiger charge is 2.34. The Morgan fingerprint density at radius 2 is 2.00 bits per heavy atom. The highest BCUT2D eigenvalue weighted by molar-refractivity contribution is 5.39. The molecule has 5 nitrogen and oxygen atoms in total. The Morgan fingerprint density at radius 3 is 2.52 bits per heavy atom. The molecule has 2 aromatic rings. The molecule has 1 aromatic carbocycles. The first-order valence-electron chi connectivity index (χ1n) is 6.11. The topological polar surface area (TPSA) is 60.2 Å². The predicted molar refractivity (Wildman–Crippen MR) is 67.4 cm³/mol. The molecule has 0 bridgehead atoms. The molecule has 8 heteroatoms. The zero-order valence-corrected chi connectivity index (χ0v) is 11.5. The van der Waals surface area contributed by atoms with Gasteiger partial charge >= 0.3 is 6.18 Å². The van der Waals surface area contributed by atoms with E-state index in [9.17, 15) is 13.2 Å². The molecule has 0 saturated carbocycles. The molecule has 21 heavy (non-hydrogen) atoms. The Morgan fingerprint density at radius 1 is 1.29 bits per heavy atom. The monoisotopic (exact) mass is 301 g/mol. The fourth-order valence-corrected chi connectivity index (χ4v) is 1.74. The van der Waals surface area contributed by atoms with Crippen molar-refractivity contribution < 1.29 is 23.0 Å². The van der Waals surface area contributed by atoms with E-state index in [2.05, 4.69) is 10.2 Å². The average Bonchev–Trinajstić information content (AvgIpc) is 2.75. The van der Waals surface area contributed by atoms with Gasteiger partial charge in [0.05, 0.1) is 12.2 Å². The Labute approximate surface area is 119 Å². The van der Waals surface area contributed by atoms with Crippen molar-refractivity contribution in [2.75, 3.05) is 0 Å². The SMILES string of the molecule is Cc1nnc(COc2ccc(CO)cc2C(F)(F)F)n1C. The number of nitrogens with zero attached hydrogens (tertiary/aromatic N) is 3. The van der Waals surface area contributed by atoms with Crippen LogP contribution in [0.2, 0.25) is 0 Å². The zero-order valence-electron chi connectivity index (χ0n) is 11.5. The quantitative estimate of drug-likeness (QED) is 0.940. The number of benzene rings is 1. The summed E-state index contributed by atoms with van der Waals surface area (Å²) in [5.41, 5.74) is -0.753. The van der Waals surface area contributed by atoms with E-state index < -0.39 is 18.3 Å². The van der Waals surface area contributed by atoms with Crippen LogP contribution in [0.25, 0.3) is 0 Å². The lowest BCUT2D eigenvalue weighted by molar-refractivity contribution is -0.139. The van der Waals surface area contributed by atoms with E-state index in [1.54, 1.807) is 18.5 Å². The molecule has 0 spiro atoms. The summed E-state index contributed by atoms with van der Waals surface area (Å²) in [6, 6.07) is 3.45. The lowest BCUT2D eigenvalue weighted by Crippen LogP contribution is -2.11. The van der Waals surface area contributed by atoms with Crippen molar-refractivity contribution in [3.63, 3.8) is 0 Å². The van der Waals surface area contributed by atoms with Crippen LogP contribution >= 0.6 is 0 Å². The smallest absolute Gasteiger partial charge is 0.419 e. The molecule has 0 aliphatic rings. The molecule has 0 fully saturated rings. The predicted octanol–water partition coefficient (Wildman–Crippen LogP) is 2.21. The maximum absolute atomic E-state index is 13.0. The van der Waals surface area contributed by atoms with Crippen molar-refractivity contribution in [1.82, 2.24) is 14.8 Å². The van der Waals surface area contributed by atoms with Crippen LogP contribution in [0.5, 0.6) is 5.75 Å². The summed E-state index contributed by atoms with van der Waals surface area (Å²) >= 11 is 0. The van der Waals surface area contributed by atoms with Gasteiger partial charge in [-0.25, -0.2) is 0 Å². The molecular weight excluding hydrogens is 287 g/mol. The number of aliphatic hydroxyl groups is 1. The van der Waals surface area contributed by atoms with Gasteiger partial charge in [-0.2, -0.15) is 13.2 Å². The Balaban J connectivity index is 2.25. The average molecular weight is 301 g/mol. The molecule has 1 heterocycles. The minimum Gasteiger partial charge on any atom is -0.485 e. The number of rotatable bonds is 4. The molecule has 0 aliphatic heterocycles. The first kappa shape index (κ1) is 15.3. The lowest BCUT2D eigenvalue weighted by Gasteiger charge is -2.14. The van der Waals surface area contributed by atoms with Gasteiger partial charge in [-0.3, -0.25) is 0 Å². The van der Waals surface area contributed by atoms with Gasteiger partial charge in [-0.15, -0.1) is 10.2 Å². The van der Waals surface area contributed by atoms with Crippen LogP contribution in [0.15, 0.2) is 18.2 Å². The summed E-state index contributed by atoms with van der Waals surface area (Å²) in [4.78, 5) is 0. The summed E-state index contributed by atoms with van der Waals surface area (Å²) in [6.07, 6.45) is -4.56. The van der Waals surface area contributed by atoms with Crippen molar-refractivity contribution in [3.05, 3.63) is 41.0 Å². The van der Waals surface area contributed by atoms with Gasteiger partial charge in [-0.1, -0.05) is 6.07 Å². The fourth-order valence-electron chi connectivity index (χ4n) is 1.74. The molecule has 0 aliphatic carbocycles. The van der Waals surface area contributed by atoms with Crippen LogP contribution in [0.4, 0.5) is 13.2 Å². The summed E-state index contributed by atoms with van der Waals surface area (Å²) in [6.45, 7) is 1.14. The second kappa shape index (κ2) is 5.72. The van der Waals surface area contributed by atoms with Gasteiger partial charge < -0.3 is 14.4 Å². The third-order valence-corrected chi connectivity index (χ3v) is 3.07. The van der Waals surface area contributed by atoms with Gasteiger partial charge in [0.2, 0.25) is 0 Å². The first-order chi connectivity index (χ1) is 9.82. The number of alkyl halides is 3. The Kier molecular flexibility index (Phi) is 4.17. The van der Waals surface area contributed by atoms with E-state index in [0.29, 0.717) is 11.6 Å². The number of ether oxygens (including phenoxy) is 1. The molecule has 0 unspecified atom stereocenters. The van der Waals surface area contributed by atoms with Crippen molar-refractivity contribution in [1.29, 1.82) is 0 Å². The summed E-state index contributed by atoms with van der Waals surface area (Å²) in [5, 5.41) is 16.6. The molecule has 2 rings (SSSR count). The van der Waals surface area contributed by atoms with Gasteiger partial charge in [-0.05, 0) is 24.6 Å². The number of aliphatic hydroxyl groups excluding tert-OH is 1. The van der Waals surface area contributed by atoms with Gasteiger partial charge in [0, 0.05) is 7.05 Å². The highest BCUT2D eigenvalue weighted by atomic mass is 19.4. The van der Waals surface area contributed by atoms with E-state index in [0.717, 1.165) is 6.07 Å². The normalized spacial score (nSPS) is 11.7. The lowest BCUT2D eigenvalue weighted by atomic mass is 10.1. The van der Waals surface area contributed by atoms with Crippen molar-refractivity contribution in [3.8, 4) is 5.75 Å². The van der Waals surface area contributed by atoms with Gasteiger partial charge in [0.15, 0.2) is 5.82 Å². The van der Waals surface area contributed by atoms with E-state index in [-0.39, 0.29) is 17.9 Å². The van der Waals surface area contributed by atoms with Gasteiger partial charge in [0.25, 0.3) is 0 Å². The van der Waals surface area contributed by atoms with E-state index in [1.165, 1.54) is 12.1 Å². The van der Waals surface area contributed by atoms with E-state index in [4.69, 9.17) is 9.84 Å². The van der Waals surface area contributed by atoms with Crippen LogP contribution in [-0.4, -0.2) is 19.9 Å². The number of aryl methyl sites for hydroxylation is 1. The van der Waals surface area contributed by atoms with Crippen molar-refractivity contribution in [2.45, 2.75) is 26.3 Å². The van der Waals surface area contributed by atoms with Crippen molar-refractivity contribution in [2.24, 2.45) is 7.05 Å². The maximum atomic E-state index is 13.0. The van der Waals surface area contributed by atoms with Crippen LogP contribution in [0, 0.1) is 6.92 Å². The summed E-state index contributed by atoms with van der Waals surface area (Å²) < 4.78 is 45.8. The number of hydrogen-bond acceptors (Lipinski definition) is 4. The Hall–Kier alpha value is -2.09. The minimum absolute atomic E-state index is 0.126. The van der Waals surface area contributed by atoms with E-state index >= 15 is 0 Å². The third kappa shape index (κ3) is 3.33. The molecule has 0 atom stereocenters. The Bertz CT molecular complexity index is 638. The largest absolute Gasteiger partial charge is 0.485 e. The van der Waals surface area contributed by atoms with Crippen LogP contribution < -0.4 is 4.74 Å². The molecule has 0 radical (unpaired) electrons. The number of halogens is 3. The number of hydrogen-bond donors (Lipinski definition) is 1. The molecule has 1 aromatic heterocycles. The van der Waals surface area contributed by atoms with E-state index in [1.807, 2.05) is 0 Å². The molecule has 1 N–H and O–H groups in total. The second-order valence-corrected chi connectivity index (χ2v) is 4.50. The molecular formula is C13H14F3N3O2. The zero-order chi connectivity index (χ0) is 15.6. The van der Waals surface area contributed by atoms with Crippen molar-refractivity contribution >= 4 is 0 Å². The molecule has 0 saturated heterocycles. The summed E-state index contributed by atoms with van der Waals surface area (Å²) in [7, 11) is 1.70. The summed E-state index contributed by atoms with van der Waals surface area (Å²) in [5.74, 6) is 0.757. The van der Waals surface area contributed by atoms with Crippen LogP contribution in [0.3, 0.4) is 0 Å². The van der Waals surface area contributed by atoms with Crippen LogP contribution in [0.1, 0.15) is 22.8 Å². The highest BCUT2D eigenvalue weighted by Crippen LogP contribution is 2.37. The van der Waals surface area contributed by atoms with Gasteiger partial charge in [0.1, 0.15) is 18.2 Å². The maximum Gasteiger partial charge on any atom is 0.419 e. The number of aromatic nitrogens is 3. The van der Waals surface area contributed by atoms with Crippen LogP contribution in [-0.2, 0) is 26.4 Å². The first-order valence-corrected chi connectivity index (χ1v) is 6.11. The second-order valence-electron chi connectivity index (χ2n) is 4.50. The minimum atomic E-state index is -4.56. The third-order valence-electron chi connectivity index (χ3n) is 3.07. The standard InChI is InChI=1S/C13H14F3N3O2/c1-8-17-18-12(19(8)2)7-21-11-4-3-9(6-20)5-10(11)13(14,15)16/h3-5,20H,6-7H2,1-2H3. The molecule has 0 amide bonds.